The minimum Gasteiger partial charge on any atom is -0.393 e. The fraction of sp³-hybridized carbons (Fsp3) is 1.00. The molecule has 2 nitrogen and oxygen atoms in total. The van der Waals surface area contributed by atoms with E-state index in [0.717, 1.165) is 25.9 Å². The zero-order valence-electron chi connectivity index (χ0n) is 6.85. The van der Waals surface area contributed by atoms with Gasteiger partial charge in [-0.3, -0.25) is 0 Å². The smallest absolute Gasteiger partial charge is 0.0557 e. The number of hydrogen-bond acceptors (Lipinski definition) is 2. The van der Waals surface area contributed by atoms with Crippen LogP contribution in [0, 0.1) is 5.41 Å². The molecule has 0 aromatic rings. The van der Waals surface area contributed by atoms with Gasteiger partial charge in [-0.15, -0.1) is 0 Å². The Hall–Kier alpha value is -0.0800. The van der Waals surface area contributed by atoms with Gasteiger partial charge in [-0.2, -0.15) is 0 Å². The van der Waals surface area contributed by atoms with Crippen LogP contribution >= 0.6 is 0 Å². The van der Waals surface area contributed by atoms with Gasteiger partial charge in [0, 0.05) is 6.54 Å². The fourth-order valence-corrected chi connectivity index (χ4v) is 1.51. The Morgan fingerprint density at radius 1 is 1.50 bits per heavy atom. The van der Waals surface area contributed by atoms with Crippen LogP contribution in [-0.4, -0.2) is 24.3 Å². The zero-order valence-corrected chi connectivity index (χ0v) is 6.85. The minimum atomic E-state index is -0.0926. The molecule has 0 aliphatic carbocycles. The van der Waals surface area contributed by atoms with Gasteiger partial charge in [-0.1, -0.05) is 13.8 Å². The van der Waals surface area contributed by atoms with Crippen LogP contribution in [-0.2, 0) is 0 Å². The summed E-state index contributed by atoms with van der Waals surface area (Å²) < 4.78 is 0. The molecular formula is C8H17NO. The Balaban J connectivity index is 2.46. The number of rotatable bonds is 0. The summed E-state index contributed by atoms with van der Waals surface area (Å²) in [7, 11) is 0. The van der Waals surface area contributed by atoms with Gasteiger partial charge in [0.1, 0.15) is 0 Å². The Kier molecular flexibility index (Phi) is 2.32. The first-order valence-electron chi connectivity index (χ1n) is 3.99. The van der Waals surface area contributed by atoms with Crippen molar-refractivity contribution in [1.82, 2.24) is 5.32 Å². The second-order valence-corrected chi connectivity index (χ2v) is 3.99. The van der Waals surface area contributed by atoms with Crippen LogP contribution in [0.1, 0.15) is 26.7 Å². The molecule has 0 bridgehead atoms. The molecule has 1 heterocycles. The normalized spacial score (nSPS) is 33.3. The molecular weight excluding hydrogens is 126 g/mol. The summed E-state index contributed by atoms with van der Waals surface area (Å²) in [5.41, 5.74) is 0.274. The van der Waals surface area contributed by atoms with Crippen molar-refractivity contribution >= 4 is 0 Å². The molecule has 1 atom stereocenters. The molecule has 1 rings (SSSR count). The standard InChI is InChI=1S/C8H17NO/c1-8(2)5-7(10)3-4-9-6-8/h7,9-10H,3-6H2,1-2H3/t7-/m1/s1. The highest BCUT2D eigenvalue weighted by atomic mass is 16.3. The van der Waals surface area contributed by atoms with Crippen LogP contribution in [0.4, 0.5) is 0 Å². The quantitative estimate of drug-likeness (QED) is 0.524. The fourth-order valence-electron chi connectivity index (χ4n) is 1.51. The van der Waals surface area contributed by atoms with E-state index in [-0.39, 0.29) is 11.5 Å². The Morgan fingerprint density at radius 2 is 2.20 bits per heavy atom. The summed E-state index contributed by atoms with van der Waals surface area (Å²) in [6, 6.07) is 0. The van der Waals surface area contributed by atoms with Gasteiger partial charge in [0.25, 0.3) is 0 Å². The Labute approximate surface area is 62.6 Å². The van der Waals surface area contributed by atoms with Crippen molar-refractivity contribution in [3.8, 4) is 0 Å². The molecule has 0 aromatic heterocycles. The van der Waals surface area contributed by atoms with Crippen LogP contribution in [0.3, 0.4) is 0 Å². The highest BCUT2D eigenvalue weighted by molar-refractivity contribution is 4.79. The van der Waals surface area contributed by atoms with Gasteiger partial charge in [-0.05, 0) is 24.8 Å². The lowest BCUT2D eigenvalue weighted by Crippen LogP contribution is -2.27. The lowest BCUT2D eigenvalue weighted by molar-refractivity contribution is 0.123. The number of aliphatic hydroxyl groups is 1. The van der Waals surface area contributed by atoms with Gasteiger partial charge in [-0.25, -0.2) is 0 Å². The van der Waals surface area contributed by atoms with E-state index in [1.165, 1.54) is 0 Å². The Morgan fingerprint density at radius 3 is 2.90 bits per heavy atom. The lowest BCUT2D eigenvalue weighted by Gasteiger charge is -2.23. The Bertz CT molecular complexity index is 112. The molecule has 10 heavy (non-hydrogen) atoms. The first-order chi connectivity index (χ1) is 4.60. The molecule has 1 fully saturated rings. The maximum Gasteiger partial charge on any atom is 0.0557 e. The molecule has 1 aliphatic heterocycles. The highest BCUT2D eigenvalue weighted by Crippen LogP contribution is 2.24. The molecule has 0 radical (unpaired) electrons. The second kappa shape index (κ2) is 2.89. The third-order valence-electron chi connectivity index (χ3n) is 2.05. The van der Waals surface area contributed by atoms with E-state index in [2.05, 4.69) is 19.2 Å². The third-order valence-corrected chi connectivity index (χ3v) is 2.05. The molecule has 1 saturated heterocycles. The average Bonchev–Trinajstić information content (AvgIpc) is 1.90. The number of hydrogen-bond donors (Lipinski definition) is 2. The molecule has 0 amide bonds. The van der Waals surface area contributed by atoms with E-state index >= 15 is 0 Å². The molecule has 1 aliphatic rings. The maximum atomic E-state index is 9.38. The summed E-state index contributed by atoms with van der Waals surface area (Å²) in [5.74, 6) is 0. The molecule has 0 saturated carbocycles. The van der Waals surface area contributed by atoms with Crippen molar-refractivity contribution in [2.75, 3.05) is 13.1 Å². The maximum absolute atomic E-state index is 9.38. The van der Waals surface area contributed by atoms with Crippen LogP contribution in [0.25, 0.3) is 0 Å². The van der Waals surface area contributed by atoms with Crippen molar-refractivity contribution in [2.24, 2.45) is 5.41 Å². The number of nitrogens with one attached hydrogen (secondary N) is 1. The third kappa shape index (κ3) is 2.27. The van der Waals surface area contributed by atoms with Crippen molar-refractivity contribution in [3.63, 3.8) is 0 Å². The van der Waals surface area contributed by atoms with Crippen LogP contribution in [0.15, 0.2) is 0 Å². The molecule has 0 aromatic carbocycles. The van der Waals surface area contributed by atoms with E-state index in [1.807, 2.05) is 0 Å². The first kappa shape index (κ1) is 8.02. The number of aliphatic hydroxyl groups excluding tert-OH is 1. The first-order valence-corrected chi connectivity index (χ1v) is 3.99. The summed E-state index contributed by atoms with van der Waals surface area (Å²) >= 11 is 0. The zero-order chi connectivity index (χ0) is 7.61. The van der Waals surface area contributed by atoms with Gasteiger partial charge < -0.3 is 10.4 Å². The summed E-state index contributed by atoms with van der Waals surface area (Å²) in [6.07, 6.45) is 1.74. The van der Waals surface area contributed by atoms with E-state index in [0.29, 0.717) is 0 Å². The molecule has 60 valence electrons. The van der Waals surface area contributed by atoms with Crippen molar-refractivity contribution < 1.29 is 5.11 Å². The van der Waals surface area contributed by atoms with E-state index < -0.39 is 0 Å². The van der Waals surface area contributed by atoms with Gasteiger partial charge in [0.2, 0.25) is 0 Å². The van der Waals surface area contributed by atoms with E-state index in [4.69, 9.17) is 0 Å². The molecule has 2 N–H and O–H groups in total. The lowest BCUT2D eigenvalue weighted by atomic mass is 9.87. The van der Waals surface area contributed by atoms with Crippen molar-refractivity contribution in [1.29, 1.82) is 0 Å². The van der Waals surface area contributed by atoms with Crippen LogP contribution in [0.2, 0.25) is 0 Å². The van der Waals surface area contributed by atoms with E-state index in [1.54, 1.807) is 0 Å². The second-order valence-electron chi connectivity index (χ2n) is 3.99. The average molecular weight is 143 g/mol. The topological polar surface area (TPSA) is 32.3 Å². The van der Waals surface area contributed by atoms with Gasteiger partial charge >= 0.3 is 0 Å². The van der Waals surface area contributed by atoms with Crippen molar-refractivity contribution in [3.05, 3.63) is 0 Å². The molecule has 0 unspecified atom stereocenters. The van der Waals surface area contributed by atoms with Crippen LogP contribution < -0.4 is 5.32 Å². The molecule has 0 spiro atoms. The monoisotopic (exact) mass is 143 g/mol. The largest absolute Gasteiger partial charge is 0.393 e. The summed E-state index contributed by atoms with van der Waals surface area (Å²) in [5, 5.41) is 12.7. The molecule has 2 heteroatoms. The van der Waals surface area contributed by atoms with Gasteiger partial charge in [0.15, 0.2) is 0 Å². The summed E-state index contributed by atoms with van der Waals surface area (Å²) in [4.78, 5) is 0. The SMILES string of the molecule is CC1(C)CNCC[C@@H](O)C1. The van der Waals surface area contributed by atoms with E-state index in [9.17, 15) is 5.11 Å². The van der Waals surface area contributed by atoms with Crippen molar-refractivity contribution in [2.45, 2.75) is 32.8 Å². The highest BCUT2D eigenvalue weighted by Gasteiger charge is 2.24. The minimum absolute atomic E-state index is 0.0926. The van der Waals surface area contributed by atoms with Gasteiger partial charge in [0.05, 0.1) is 6.10 Å². The predicted octanol–water partition coefficient (Wildman–Crippen LogP) is 0.757. The van der Waals surface area contributed by atoms with Crippen LogP contribution in [0.5, 0.6) is 0 Å². The summed E-state index contributed by atoms with van der Waals surface area (Å²) in [6.45, 7) is 6.37. The predicted molar refractivity (Wildman–Crippen MR) is 41.9 cm³/mol.